The van der Waals surface area contributed by atoms with E-state index >= 15 is 0 Å². The van der Waals surface area contributed by atoms with Crippen LogP contribution >= 0.6 is 0 Å². The summed E-state index contributed by atoms with van der Waals surface area (Å²) in [5, 5.41) is 3.17. The average Bonchev–Trinajstić information content (AvgIpc) is 2.13. The molecule has 1 aromatic heterocycles. The summed E-state index contributed by atoms with van der Waals surface area (Å²) in [5.41, 5.74) is 0.0784. The van der Waals surface area contributed by atoms with Gasteiger partial charge in [0.05, 0.1) is 0 Å². The van der Waals surface area contributed by atoms with Gasteiger partial charge in [0.25, 0.3) is 5.56 Å². The van der Waals surface area contributed by atoms with E-state index in [0.717, 1.165) is 18.8 Å². The van der Waals surface area contributed by atoms with E-state index < -0.39 is 0 Å². The highest BCUT2D eigenvalue weighted by molar-refractivity contribution is 5.33. The molecule has 0 fully saturated rings. The van der Waals surface area contributed by atoms with Crippen LogP contribution in [-0.4, -0.2) is 16.5 Å². The lowest BCUT2D eigenvalue weighted by molar-refractivity contribution is 0.442. The van der Waals surface area contributed by atoms with Crippen molar-refractivity contribution in [2.75, 3.05) is 11.9 Å². The molecular formula is C11H19N3O. The van der Waals surface area contributed by atoms with Gasteiger partial charge in [0.15, 0.2) is 0 Å². The van der Waals surface area contributed by atoms with Crippen molar-refractivity contribution in [1.82, 2.24) is 9.97 Å². The van der Waals surface area contributed by atoms with Crippen LogP contribution < -0.4 is 10.9 Å². The fraction of sp³-hybridized carbons (Fsp3) is 0.636. The maximum absolute atomic E-state index is 11.3. The lowest BCUT2D eigenvalue weighted by Gasteiger charge is -2.19. The van der Waals surface area contributed by atoms with E-state index in [0.29, 0.717) is 5.82 Å². The fourth-order valence-electron chi connectivity index (χ4n) is 1.12. The van der Waals surface area contributed by atoms with Crippen LogP contribution in [0.4, 0.5) is 5.82 Å². The maximum Gasteiger partial charge on any atom is 0.252 e. The SMILES string of the molecule is CCc1nc(NCC(C)(C)C)cc(=O)[nH]1. The first kappa shape index (κ1) is 11.8. The molecule has 0 bridgehead atoms. The minimum Gasteiger partial charge on any atom is -0.369 e. The number of aromatic nitrogens is 2. The van der Waals surface area contributed by atoms with Crippen LogP contribution in [0, 0.1) is 5.41 Å². The Bertz CT molecular complexity index is 376. The lowest BCUT2D eigenvalue weighted by atomic mass is 9.97. The molecule has 0 aromatic carbocycles. The monoisotopic (exact) mass is 209 g/mol. The average molecular weight is 209 g/mol. The third-order valence-corrected chi connectivity index (χ3v) is 1.93. The smallest absolute Gasteiger partial charge is 0.252 e. The molecule has 0 saturated heterocycles. The molecule has 1 heterocycles. The summed E-state index contributed by atoms with van der Waals surface area (Å²) in [5.74, 6) is 1.38. The number of aromatic amines is 1. The van der Waals surface area contributed by atoms with Gasteiger partial charge in [-0.25, -0.2) is 4.98 Å². The molecule has 0 atom stereocenters. The highest BCUT2D eigenvalue weighted by Crippen LogP contribution is 2.13. The molecule has 0 spiro atoms. The van der Waals surface area contributed by atoms with E-state index in [9.17, 15) is 4.79 Å². The van der Waals surface area contributed by atoms with Gasteiger partial charge >= 0.3 is 0 Å². The van der Waals surface area contributed by atoms with Gasteiger partial charge in [-0.3, -0.25) is 4.79 Å². The molecular weight excluding hydrogens is 190 g/mol. The van der Waals surface area contributed by atoms with Crippen LogP contribution in [0.3, 0.4) is 0 Å². The summed E-state index contributed by atoms with van der Waals surface area (Å²) in [4.78, 5) is 18.2. The fourth-order valence-corrected chi connectivity index (χ4v) is 1.12. The molecule has 0 saturated carbocycles. The highest BCUT2D eigenvalue weighted by Gasteiger charge is 2.10. The lowest BCUT2D eigenvalue weighted by Crippen LogP contribution is -2.21. The van der Waals surface area contributed by atoms with E-state index in [2.05, 4.69) is 36.1 Å². The first-order valence-electron chi connectivity index (χ1n) is 5.25. The minimum absolute atomic E-state index is 0.0988. The second-order valence-corrected chi connectivity index (χ2v) is 4.85. The third kappa shape index (κ3) is 4.14. The molecule has 0 aliphatic rings. The zero-order valence-electron chi connectivity index (χ0n) is 9.85. The van der Waals surface area contributed by atoms with Gasteiger partial charge in [-0.15, -0.1) is 0 Å². The first-order valence-corrected chi connectivity index (χ1v) is 5.25. The highest BCUT2D eigenvalue weighted by atomic mass is 16.1. The van der Waals surface area contributed by atoms with Crippen LogP contribution in [0.25, 0.3) is 0 Å². The molecule has 0 unspecified atom stereocenters. The molecule has 0 amide bonds. The number of hydrogen-bond donors (Lipinski definition) is 2. The summed E-state index contributed by atoms with van der Waals surface area (Å²) in [6.07, 6.45) is 0.736. The largest absolute Gasteiger partial charge is 0.369 e. The number of rotatable bonds is 3. The normalized spacial score (nSPS) is 11.5. The maximum atomic E-state index is 11.3. The Morgan fingerprint density at radius 2 is 2.13 bits per heavy atom. The van der Waals surface area contributed by atoms with Crippen molar-refractivity contribution in [3.63, 3.8) is 0 Å². The van der Waals surface area contributed by atoms with Crippen LogP contribution in [-0.2, 0) is 6.42 Å². The Morgan fingerprint density at radius 3 is 2.67 bits per heavy atom. The molecule has 0 aliphatic heterocycles. The molecule has 84 valence electrons. The minimum atomic E-state index is -0.0988. The molecule has 4 nitrogen and oxygen atoms in total. The molecule has 2 N–H and O–H groups in total. The van der Waals surface area contributed by atoms with Crippen molar-refractivity contribution in [3.05, 3.63) is 22.2 Å². The Morgan fingerprint density at radius 1 is 1.47 bits per heavy atom. The zero-order chi connectivity index (χ0) is 11.5. The molecule has 15 heavy (non-hydrogen) atoms. The second-order valence-electron chi connectivity index (χ2n) is 4.85. The quantitative estimate of drug-likeness (QED) is 0.798. The van der Waals surface area contributed by atoms with E-state index in [1.807, 2.05) is 6.92 Å². The first-order chi connectivity index (χ1) is 6.90. The van der Waals surface area contributed by atoms with Gasteiger partial charge in [-0.1, -0.05) is 27.7 Å². The van der Waals surface area contributed by atoms with Gasteiger partial charge in [-0.2, -0.15) is 0 Å². The van der Waals surface area contributed by atoms with E-state index in [1.54, 1.807) is 0 Å². The van der Waals surface area contributed by atoms with Crippen LogP contribution in [0.1, 0.15) is 33.5 Å². The van der Waals surface area contributed by atoms with E-state index in [-0.39, 0.29) is 11.0 Å². The summed E-state index contributed by atoms with van der Waals surface area (Å²) in [6.45, 7) is 9.16. The number of aryl methyl sites for hydroxylation is 1. The predicted octanol–water partition coefficient (Wildman–Crippen LogP) is 1.79. The summed E-state index contributed by atoms with van der Waals surface area (Å²) in [7, 11) is 0. The van der Waals surface area contributed by atoms with Gasteiger partial charge in [0.1, 0.15) is 11.6 Å². The van der Waals surface area contributed by atoms with E-state index in [4.69, 9.17) is 0 Å². The van der Waals surface area contributed by atoms with Crippen molar-refractivity contribution in [1.29, 1.82) is 0 Å². The van der Waals surface area contributed by atoms with Gasteiger partial charge in [0, 0.05) is 19.0 Å². The zero-order valence-corrected chi connectivity index (χ0v) is 9.85. The van der Waals surface area contributed by atoms with Crippen LogP contribution in [0.15, 0.2) is 10.9 Å². The molecule has 4 heteroatoms. The van der Waals surface area contributed by atoms with Crippen molar-refractivity contribution in [3.8, 4) is 0 Å². The number of hydrogen-bond acceptors (Lipinski definition) is 3. The molecule has 0 radical (unpaired) electrons. The molecule has 1 aromatic rings. The van der Waals surface area contributed by atoms with Crippen molar-refractivity contribution < 1.29 is 0 Å². The van der Waals surface area contributed by atoms with Crippen molar-refractivity contribution in [2.45, 2.75) is 34.1 Å². The van der Waals surface area contributed by atoms with Crippen LogP contribution in [0.2, 0.25) is 0 Å². The second kappa shape index (κ2) is 4.47. The van der Waals surface area contributed by atoms with Gasteiger partial charge < -0.3 is 10.3 Å². The van der Waals surface area contributed by atoms with Crippen molar-refractivity contribution in [2.24, 2.45) is 5.41 Å². The molecule has 0 aliphatic carbocycles. The number of anilines is 1. The third-order valence-electron chi connectivity index (χ3n) is 1.93. The Balaban J connectivity index is 2.77. The summed E-state index contributed by atoms with van der Waals surface area (Å²) >= 11 is 0. The Hall–Kier alpha value is -1.32. The number of nitrogens with one attached hydrogen (secondary N) is 2. The van der Waals surface area contributed by atoms with Gasteiger partial charge in [-0.05, 0) is 5.41 Å². The Kier molecular flexibility index (Phi) is 3.50. The summed E-state index contributed by atoms with van der Waals surface area (Å²) < 4.78 is 0. The summed E-state index contributed by atoms with van der Waals surface area (Å²) in [6, 6.07) is 1.49. The van der Waals surface area contributed by atoms with E-state index in [1.165, 1.54) is 6.07 Å². The number of H-pyrrole nitrogens is 1. The molecule has 1 rings (SSSR count). The van der Waals surface area contributed by atoms with Gasteiger partial charge in [0.2, 0.25) is 0 Å². The van der Waals surface area contributed by atoms with Crippen molar-refractivity contribution >= 4 is 5.82 Å². The van der Waals surface area contributed by atoms with Crippen LogP contribution in [0.5, 0.6) is 0 Å². The number of nitrogens with zero attached hydrogens (tertiary/aromatic N) is 1. The predicted molar refractivity (Wildman–Crippen MR) is 62.2 cm³/mol. The standard InChI is InChI=1S/C11H19N3O/c1-5-8-13-9(6-10(15)14-8)12-7-11(2,3)4/h6H,5,7H2,1-4H3,(H2,12,13,14,15). The topological polar surface area (TPSA) is 57.8 Å². The Labute approximate surface area is 90.1 Å².